The van der Waals surface area contributed by atoms with Crippen molar-refractivity contribution in [3.8, 4) is 11.5 Å². The number of nitrogens with one attached hydrogen (secondary N) is 2. The Morgan fingerprint density at radius 1 is 1.07 bits per heavy atom. The second-order valence-electron chi connectivity index (χ2n) is 7.90. The number of benzene rings is 1. The maximum Gasteiger partial charge on any atom is 0.191 e. The fourth-order valence-electron chi connectivity index (χ4n) is 4.15. The standard InChI is InChI=1S/C22H37N5O2/c1-23-22(24-9-4-5-10-26-11-6-7-12-26)25-18-8-13-27(17-18)19-14-20(28-2)16-21(15-19)29-3/h14-16,18H,4-13,17H2,1-3H3,(H2,23,24,25). The zero-order valence-electron chi connectivity index (χ0n) is 18.2. The van der Waals surface area contributed by atoms with Gasteiger partial charge in [0, 0.05) is 56.6 Å². The minimum absolute atomic E-state index is 0.378. The van der Waals surface area contributed by atoms with Crippen molar-refractivity contribution in [3.63, 3.8) is 0 Å². The van der Waals surface area contributed by atoms with Gasteiger partial charge in [-0.25, -0.2) is 0 Å². The molecule has 1 atom stereocenters. The highest BCUT2D eigenvalue weighted by molar-refractivity contribution is 5.80. The smallest absolute Gasteiger partial charge is 0.191 e. The number of unbranched alkanes of at least 4 members (excludes halogenated alkanes) is 1. The van der Waals surface area contributed by atoms with Crippen LogP contribution in [0.5, 0.6) is 11.5 Å². The number of ether oxygens (including phenoxy) is 2. The third-order valence-electron chi connectivity index (χ3n) is 5.85. The fraction of sp³-hybridized carbons (Fsp3) is 0.682. The molecule has 2 heterocycles. The number of nitrogens with zero attached hydrogens (tertiary/aromatic N) is 3. The lowest BCUT2D eigenvalue weighted by Crippen LogP contribution is -2.44. The van der Waals surface area contributed by atoms with Crippen molar-refractivity contribution in [2.75, 3.05) is 65.4 Å². The summed E-state index contributed by atoms with van der Waals surface area (Å²) in [6.45, 7) is 6.71. The molecule has 1 aromatic carbocycles. The first-order chi connectivity index (χ1) is 14.2. The number of methoxy groups -OCH3 is 2. The number of aliphatic imine (C=N–C) groups is 1. The van der Waals surface area contributed by atoms with Crippen molar-refractivity contribution in [2.24, 2.45) is 4.99 Å². The van der Waals surface area contributed by atoms with Crippen molar-refractivity contribution < 1.29 is 9.47 Å². The Balaban J connectivity index is 1.41. The van der Waals surface area contributed by atoms with Crippen molar-refractivity contribution >= 4 is 11.6 Å². The summed E-state index contributed by atoms with van der Waals surface area (Å²) in [5, 5.41) is 7.05. The van der Waals surface area contributed by atoms with Crippen LogP contribution in [0.1, 0.15) is 32.1 Å². The molecule has 0 aromatic heterocycles. The van der Waals surface area contributed by atoms with Gasteiger partial charge in [-0.15, -0.1) is 0 Å². The molecule has 0 bridgehead atoms. The van der Waals surface area contributed by atoms with Crippen molar-refractivity contribution in [3.05, 3.63) is 18.2 Å². The van der Waals surface area contributed by atoms with Gasteiger partial charge in [0.2, 0.25) is 0 Å². The Kier molecular flexibility index (Phi) is 8.28. The molecule has 7 nitrogen and oxygen atoms in total. The van der Waals surface area contributed by atoms with Gasteiger partial charge in [0.1, 0.15) is 11.5 Å². The molecule has 2 aliphatic heterocycles. The molecule has 1 unspecified atom stereocenters. The average Bonchev–Trinajstić information content (AvgIpc) is 3.44. The Hall–Kier alpha value is -2.15. The molecule has 1 aromatic rings. The Morgan fingerprint density at radius 3 is 2.45 bits per heavy atom. The van der Waals surface area contributed by atoms with Gasteiger partial charge in [-0.05, 0) is 51.7 Å². The summed E-state index contributed by atoms with van der Waals surface area (Å²) in [5.74, 6) is 2.55. The van der Waals surface area contributed by atoms with Crippen LogP contribution in [0.3, 0.4) is 0 Å². The number of rotatable bonds is 9. The van der Waals surface area contributed by atoms with Gasteiger partial charge in [-0.2, -0.15) is 0 Å². The van der Waals surface area contributed by atoms with Gasteiger partial charge < -0.3 is 29.9 Å². The Morgan fingerprint density at radius 2 is 1.79 bits per heavy atom. The van der Waals surface area contributed by atoms with Crippen molar-refractivity contribution in [1.29, 1.82) is 0 Å². The first-order valence-corrected chi connectivity index (χ1v) is 10.9. The number of anilines is 1. The lowest BCUT2D eigenvalue weighted by atomic mass is 10.2. The number of hydrogen-bond acceptors (Lipinski definition) is 5. The zero-order valence-corrected chi connectivity index (χ0v) is 18.2. The Labute approximate surface area is 175 Å². The van der Waals surface area contributed by atoms with Crippen LogP contribution < -0.4 is 25.0 Å². The number of hydrogen-bond donors (Lipinski definition) is 2. The van der Waals surface area contributed by atoms with Gasteiger partial charge in [-0.1, -0.05) is 0 Å². The quantitative estimate of drug-likeness (QED) is 0.375. The van der Waals surface area contributed by atoms with Crippen LogP contribution in [-0.2, 0) is 0 Å². The highest BCUT2D eigenvalue weighted by Crippen LogP contribution is 2.30. The van der Waals surface area contributed by atoms with Gasteiger partial charge in [-0.3, -0.25) is 4.99 Å². The van der Waals surface area contributed by atoms with Gasteiger partial charge in [0.05, 0.1) is 14.2 Å². The minimum Gasteiger partial charge on any atom is -0.497 e. The van der Waals surface area contributed by atoms with Crippen LogP contribution in [0.15, 0.2) is 23.2 Å². The molecule has 2 N–H and O–H groups in total. The molecule has 2 aliphatic rings. The van der Waals surface area contributed by atoms with Gasteiger partial charge in [0.15, 0.2) is 5.96 Å². The lowest BCUT2D eigenvalue weighted by molar-refractivity contribution is 0.330. The van der Waals surface area contributed by atoms with E-state index in [0.717, 1.165) is 49.2 Å². The van der Waals surface area contributed by atoms with E-state index >= 15 is 0 Å². The zero-order chi connectivity index (χ0) is 20.5. The van der Waals surface area contributed by atoms with E-state index in [0.29, 0.717) is 6.04 Å². The predicted molar refractivity (Wildman–Crippen MR) is 120 cm³/mol. The van der Waals surface area contributed by atoms with Gasteiger partial charge >= 0.3 is 0 Å². The molecule has 2 saturated heterocycles. The second kappa shape index (κ2) is 11.1. The predicted octanol–water partition coefficient (Wildman–Crippen LogP) is 2.32. The molecule has 7 heteroatoms. The Bertz CT molecular complexity index is 638. The van der Waals surface area contributed by atoms with E-state index in [2.05, 4.69) is 37.6 Å². The summed E-state index contributed by atoms with van der Waals surface area (Å²) >= 11 is 0. The molecule has 0 saturated carbocycles. The molecular formula is C22H37N5O2. The maximum atomic E-state index is 5.41. The van der Waals surface area contributed by atoms with Crippen LogP contribution in [0.25, 0.3) is 0 Å². The van der Waals surface area contributed by atoms with E-state index in [1.54, 1.807) is 14.2 Å². The average molecular weight is 404 g/mol. The van der Waals surface area contributed by atoms with E-state index < -0.39 is 0 Å². The molecule has 0 spiro atoms. The number of likely N-dealkylation sites (tertiary alicyclic amines) is 1. The minimum atomic E-state index is 0.378. The molecule has 0 amide bonds. The first-order valence-electron chi connectivity index (χ1n) is 10.9. The highest BCUT2D eigenvalue weighted by Gasteiger charge is 2.24. The number of guanidine groups is 1. The molecule has 0 radical (unpaired) electrons. The van der Waals surface area contributed by atoms with Gasteiger partial charge in [0.25, 0.3) is 0 Å². The molecule has 2 fully saturated rings. The van der Waals surface area contributed by atoms with Crippen LogP contribution in [0.4, 0.5) is 5.69 Å². The van der Waals surface area contributed by atoms with Crippen molar-refractivity contribution in [2.45, 2.75) is 38.1 Å². The van der Waals surface area contributed by atoms with Crippen LogP contribution in [0.2, 0.25) is 0 Å². The monoisotopic (exact) mass is 403 g/mol. The van der Waals surface area contributed by atoms with Crippen LogP contribution >= 0.6 is 0 Å². The summed E-state index contributed by atoms with van der Waals surface area (Å²) in [5.41, 5.74) is 1.13. The van der Waals surface area contributed by atoms with Crippen LogP contribution in [0, 0.1) is 0 Å². The molecule has 0 aliphatic carbocycles. The summed E-state index contributed by atoms with van der Waals surface area (Å²) in [6.07, 6.45) is 6.25. The summed E-state index contributed by atoms with van der Waals surface area (Å²) < 4.78 is 10.8. The summed E-state index contributed by atoms with van der Waals surface area (Å²) in [7, 11) is 5.22. The normalized spacial score (nSPS) is 20.2. The molecule has 3 rings (SSSR count). The van der Waals surface area contributed by atoms with Crippen molar-refractivity contribution in [1.82, 2.24) is 15.5 Å². The first kappa shape index (κ1) is 21.6. The highest BCUT2D eigenvalue weighted by atomic mass is 16.5. The summed E-state index contributed by atoms with van der Waals surface area (Å²) in [6, 6.07) is 6.42. The van der Waals surface area contributed by atoms with E-state index in [1.165, 1.54) is 45.3 Å². The third-order valence-corrected chi connectivity index (χ3v) is 5.85. The van der Waals surface area contributed by atoms with E-state index in [9.17, 15) is 0 Å². The van der Waals surface area contributed by atoms with E-state index in [1.807, 2.05) is 13.1 Å². The maximum absolute atomic E-state index is 5.41. The largest absolute Gasteiger partial charge is 0.497 e. The molecular weight excluding hydrogens is 366 g/mol. The summed E-state index contributed by atoms with van der Waals surface area (Å²) in [4.78, 5) is 9.35. The molecule has 29 heavy (non-hydrogen) atoms. The third kappa shape index (κ3) is 6.42. The SMILES string of the molecule is CN=C(NCCCCN1CCCC1)NC1CCN(c2cc(OC)cc(OC)c2)C1. The van der Waals surface area contributed by atoms with E-state index in [4.69, 9.17) is 9.47 Å². The fourth-order valence-corrected chi connectivity index (χ4v) is 4.15. The van der Waals surface area contributed by atoms with Crippen LogP contribution in [-0.4, -0.2) is 77.4 Å². The lowest BCUT2D eigenvalue weighted by Gasteiger charge is -2.21. The van der Waals surface area contributed by atoms with E-state index in [-0.39, 0.29) is 0 Å². The second-order valence-corrected chi connectivity index (χ2v) is 7.90. The molecule has 162 valence electrons. The topological polar surface area (TPSA) is 61.4 Å².